The number of carbonyl (C=O) groups excluding carboxylic acids is 2. The molecule has 0 heterocycles. The SMILES string of the molecule is CCCCC/C=C/C/C=C/C/C=C/C/C=C/CCCC(=O)OCC(COP(=O)([O-])OCC(O)CO)OC(=O)CCC/C=C/C/C=C/C/C=C/C/C=C/CCCCC.[Na+]. The number of phosphoric ester groups is 1. The normalized spacial score (nSPS) is 14.6. The van der Waals surface area contributed by atoms with Gasteiger partial charge in [0.2, 0.25) is 0 Å². The first-order valence-corrected chi connectivity index (χ1v) is 22.6. The number of rotatable bonds is 38. The van der Waals surface area contributed by atoms with Gasteiger partial charge in [-0.05, 0) is 89.9 Å². The van der Waals surface area contributed by atoms with Crippen molar-refractivity contribution < 1.29 is 77.3 Å². The molecule has 0 spiro atoms. The largest absolute Gasteiger partial charge is 1.00 e. The summed E-state index contributed by atoms with van der Waals surface area (Å²) < 4.78 is 32.2. The molecular weight excluding hydrogens is 766 g/mol. The third-order valence-electron chi connectivity index (χ3n) is 8.20. The van der Waals surface area contributed by atoms with E-state index in [2.05, 4.69) is 91.3 Å². The minimum absolute atomic E-state index is 0. The first-order valence-electron chi connectivity index (χ1n) is 21.2. The molecular formula is C46H74NaO10P. The summed E-state index contributed by atoms with van der Waals surface area (Å²) in [5.74, 6) is -1.10. The molecule has 0 aliphatic carbocycles. The monoisotopic (exact) mass is 840 g/mol. The summed E-state index contributed by atoms with van der Waals surface area (Å²) in [5, 5.41) is 18.3. The van der Waals surface area contributed by atoms with Crippen LogP contribution in [0.2, 0.25) is 0 Å². The molecule has 0 saturated carbocycles. The molecule has 0 rings (SSSR count). The van der Waals surface area contributed by atoms with E-state index in [0.29, 0.717) is 25.7 Å². The molecule has 0 amide bonds. The standard InChI is InChI=1S/C46H75O10P.Na/c1-3-5-7-9-11-13-15-17-19-21-23-25-27-29-31-33-35-37-45(49)53-41-44(42-55-57(51,52)54-40-43(48)39-47)56-46(50)38-36-34-32-30-28-26-24-22-20-18-16-14-12-10-8-6-4-2;/h11-14,17-20,23-26,29-32,43-44,47-48H,3-10,15-16,21-22,27-28,33-42H2,1-2H3,(H,51,52);/q;+1/p-1/b13-11+,14-12+,19-17+,20-18+,25-23+,26-24+,31-29+,32-30+;. The third kappa shape index (κ3) is 43.5. The summed E-state index contributed by atoms with van der Waals surface area (Å²) in [6.45, 7) is 1.99. The molecule has 0 aliphatic heterocycles. The van der Waals surface area contributed by atoms with Crippen LogP contribution in [0.5, 0.6) is 0 Å². The van der Waals surface area contributed by atoms with Crippen LogP contribution in [0.25, 0.3) is 0 Å². The Bertz CT molecular complexity index is 1270. The van der Waals surface area contributed by atoms with Crippen LogP contribution in [0.1, 0.15) is 142 Å². The maximum Gasteiger partial charge on any atom is 1.00 e. The van der Waals surface area contributed by atoms with Crippen molar-refractivity contribution in [2.45, 2.75) is 154 Å². The Morgan fingerprint density at radius 1 is 0.552 bits per heavy atom. The van der Waals surface area contributed by atoms with Crippen molar-refractivity contribution in [2.75, 3.05) is 26.4 Å². The average molecular weight is 841 g/mol. The Balaban J connectivity index is 0. The summed E-state index contributed by atoms with van der Waals surface area (Å²) >= 11 is 0. The van der Waals surface area contributed by atoms with Crippen LogP contribution < -0.4 is 34.5 Å². The number of ether oxygens (including phenoxy) is 2. The summed E-state index contributed by atoms with van der Waals surface area (Å²) in [6.07, 6.45) is 49.3. The van der Waals surface area contributed by atoms with E-state index in [1.165, 1.54) is 38.5 Å². The van der Waals surface area contributed by atoms with E-state index in [4.69, 9.17) is 19.1 Å². The molecule has 0 bridgehead atoms. The van der Waals surface area contributed by atoms with E-state index in [1.807, 2.05) is 24.3 Å². The number of phosphoric acid groups is 1. The van der Waals surface area contributed by atoms with Crippen molar-refractivity contribution in [3.63, 3.8) is 0 Å². The Kier molecular flexibility index (Phi) is 44.4. The van der Waals surface area contributed by atoms with Crippen LogP contribution in [-0.4, -0.2) is 60.8 Å². The van der Waals surface area contributed by atoms with Gasteiger partial charge in [0.25, 0.3) is 7.82 Å². The van der Waals surface area contributed by atoms with E-state index in [1.54, 1.807) is 0 Å². The van der Waals surface area contributed by atoms with E-state index in [-0.39, 0.29) is 42.4 Å². The van der Waals surface area contributed by atoms with Gasteiger partial charge in [-0.15, -0.1) is 0 Å². The van der Waals surface area contributed by atoms with Crippen molar-refractivity contribution in [2.24, 2.45) is 0 Å². The molecule has 3 atom stereocenters. The number of carbonyl (C=O) groups is 2. The van der Waals surface area contributed by atoms with Crippen molar-refractivity contribution >= 4 is 19.8 Å². The van der Waals surface area contributed by atoms with Gasteiger partial charge in [-0.3, -0.25) is 14.2 Å². The number of hydrogen-bond donors (Lipinski definition) is 2. The molecule has 0 fully saturated rings. The second-order valence-corrected chi connectivity index (χ2v) is 15.0. The van der Waals surface area contributed by atoms with Gasteiger partial charge >= 0.3 is 41.5 Å². The quantitative estimate of drug-likeness (QED) is 0.0209. The molecule has 10 nitrogen and oxygen atoms in total. The molecule has 324 valence electrons. The molecule has 0 aromatic rings. The Morgan fingerprint density at radius 3 is 1.31 bits per heavy atom. The Hall–Kier alpha value is -2.11. The van der Waals surface area contributed by atoms with E-state index in [0.717, 1.165) is 51.4 Å². The second-order valence-electron chi connectivity index (χ2n) is 13.6. The van der Waals surface area contributed by atoms with Gasteiger partial charge in [0.15, 0.2) is 6.10 Å². The number of allylic oxidation sites excluding steroid dienone is 16. The molecule has 58 heavy (non-hydrogen) atoms. The molecule has 2 N–H and O–H groups in total. The van der Waals surface area contributed by atoms with E-state index < -0.39 is 58.4 Å². The van der Waals surface area contributed by atoms with Gasteiger partial charge in [0.05, 0.1) is 19.8 Å². The minimum atomic E-state index is -4.90. The smallest absolute Gasteiger partial charge is 0.756 e. The van der Waals surface area contributed by atoms with Gasteiger partial charge < -0.3 is 33.6 Å². The number of esters is 2. The molecule has 0 radical (unpaired) electrons. The maximum atomic E-state index is 12.6. The van der Waals surface area contributed by atoms with E-state index >= 15 is 0 Å². The van der Waals surface area contributed by atoms with Gasteiger partial charge in [0, 0.05) is 12.8 Å². The molecule has 0 aliphatic rings. The van der Waals surface area contributed by atoms with Crippen LogP contribution in [0, 0.1) is 0 Å². The Morgan fingerprint density at radius 2 is 0.914 bits per heavy atom. The number of aliphatic hydroxyl groups excluding tert-OH is 2. The van der Waals surface area contributed by atoms with Gasteiger partial charge in [-0.25, -0.2) is 0 Å². The van der Waals surface area contributed by atoms with Crippen LogP contribution in [0.4, 0.5) is 0 Å². The zero-order valence-electron chi connectivity index (χ0n) is 36.0. The zero-order valence-corrected chi connectivity index (χ0v) is 38.9. The fourth-order valence-corrected chi connectivity index (χ4v) is 5.69. The molecule has 0 aromatic heterocycles. The van der Waals surface area contributed by atoms with Crippen molar-refractivity contribution in [1.29, 1.82) is 0 Å². The van der Waals surface area contributed by atoms with Crippen LogP contribution >= 0.6 is 7.82 Å². The van der Waals surface area contributed by atoms with Gasteiger partial charge in [0.1, 0.15) is 12.7 Å². The Labute approximate surface area is 373 Å². The number of hydrogen-bond acceptors (Lipinski definition) is 10. The van der Waals surface area contributed by atoms with Crippen molar-refractivity contribution in [1.82, 2.24) is 0 Å². The molecule has 0 saturated heterocycles. The van der Waals surface area contributed by atoms with Crippen molar-refractivity contribution in [3.8, 4) is 0 Å². The van der Waals surface area contributed by atoms with Crippen LogP contribution in [-0.2, 0) is 32.7 Å². The third-order valence-corrected chi connectivity index (χ3v) is 9.13. The second kappa shape index (κ2) is 44.4. The minimum Gasteiger partial charge on any atom is -0.756 e. The number of aliphatic hydroxyl groups is 2. The summed E-state index contributed by atoms with van der Waals surface area (Å²) in [6, 6.07) is 0. The zero-order chi connectivity index (χ0) is 41.9. The summed E-state index contributed by atoms with van der Waals surface area (Å²) in [7, 11) is -4.90. The molecule has 0 aromatic carbocycles. The van der Waals surface area contributed by atoms with Gasteiger partial charge in [-0.1, -0.05) is 137 Å². The van der Waals surface area contributed by atoms with E-state index in [9.17, 15) is 24.2 Å². The fraction of sp³-hybridized carbons (Fsp3) is 0.609. The molecule has 3 unspecified atom stereocenters. The predicted molar refractivity (Wildman–Crippen MR) is 230 cm³/mol. The first-order chi connectivity index (χ1) is 27.7. The summed E-state index contributed by atoms with van der Waals surface area (Å²) in [4.78, 5) is 37.1. The van der Waals surface area contributed by atoms with Gasteiger partial charge in [-0.2, -0.15) is 0 Å². The summed E-state index contributed by atoms with van der Waals surface area (Å²) in [5.41, 5.74) is 0. The molecule has 12 heteroatoms. The topological polar surface area (TPSA) is 152 Å². The maximum absolute atomic E-state index is 12.6. The average Bonchev–Trinajstić information content (AvgIpc) is 3.20. The van der Waals surface area contributed by atoms with Crippen LogP contribution in [0.3, 0.4) is 0 Å². The number of unbranched alkanes of at least 4 members (excludes halogenated alkanes) is 8. The fourth-order valence-electron chi connectivity index (χ4n) is 4.91. The van der Waals surface area contributed by atoms with Crippen LogP contribution in [0.15, 0.2) is 97.2 Å². The first kappa shape index (κ1) is 58.0. The van der Waals surface area contributed by atoms with Crippen molar-refractivity contribution in [3.05, 3.63) is 97.2 Å². The predicted octanol–water partition coefficient (Wildman–Crippen LogP) is 7.59.